The number of carbonyl (C=O) groups excluding carboxylic acids is 1. The highest BCUT2D eigenvalue weighted by Crippen LogP contribution is 2.28. The van der Waals surface area contributed by atoms with Crippen molar-refractivity contribution in [2.45, 2.75) is 26.7 Å². The predicted molar refractivity (Wildman–Crippen MR) is 121 cm³/mol. The van der Waals surface area contributed by atoms with Crippen LogP contribution in [-0.2, 0) is 16.1 Å². The first kappa shape index (κ1) is 20.5. The van der Waals surface area contributed by atoms with E-state index in [4.69, 9.17) is 4.84 Å². The molecule has 31 heavy (non-hydrogen) atoms. The van der Waals surface area contributed by atoms with E-state index in [0.717, 1.165) is 27.6 Å². The maximum Gasteiger partial charge on any atom is 0.334 e. The number of benzene rings is 3. The second-order valence-corrected chi connectivity index (χ2v) is 7.34. The van der Waals surface area contributed by atoms with Crippen LogP contribution in [0.4, 0.5) is 4.39 Å². The Hall–Kier alpha value is -3.73. The van der Waals surface area contributed by atoms with Gasteiger partial charge in [0.05, 0.1) is 16.9 Å². The van der Waals surface area contributed by atoms with Gasteiger partial charge in [-0.1, -0.05) is 66.7 Å². The first-order valence-electron chi connectivity index (χ1n) is 10.2. The Bertz CT molecular complexity index is 1270. The number of halogens is 1. The maximum atomic E-state index is 14.6. The third-order valence-electron chi connectivity index (χ3n) is 5.30. The van der Waals surface area contributed by atoms with E-state index >= 15 is 0 Å². The molecule has 0 bridgehead atoms. The molecule has 1 aromatic heterocycles. The molecular weight excluding hydrogens is 391 g/mol. The average Bonchev–Trinajstić information content (AvgIpc) is 3.17. The topological polar surface area (TPSA) is 43.6 Å². The molecule has 0 aliphatic carbocycles. The molecule has 5 heteroatoms. The summed E-state index contributed by atoms with van der Waals surface area (Å²) in [6.07, 6.45) is 2.58. The second kappa shape index (κ2) is 8.96. The van der Waals surface area contributed by atoms with Crippen molar-refractivity contribution in [3.05, 3.63) is 102 Å². The van der Waals surface area contributed by atoms with E-state index in [9.17, 15) is 9.18 Å². The van der Waals surface area contributed by atoms with Crippen LogP contribution in [0.3, 0.4) is 0 Å². The summed E-state index contributed by atoms with van der Waals surface area (Å²) < 4.78 is 16.4. The summed E-state index contributed by atoms with van der Waals surface area (Å²) in [5.41, 5.74) is 4.91. The van der Waals surface area contributed by atoms with Crippen LogP contribution < -0.4 is 0 Å². The van der Waals surface area contributed by atoms with Crippen LogP contribution in [0.25, 0.3) is 16.6 Å². The number of oxime groups is 1. The van der Waals surface area contributed by atoms with Gasteiger partial charge in [0.2, 0.25) is 0 Å². The smallest absolute Gasteiger partial charge is 0.318 e. The Kier molecular flexibility index (Phi) is 5.94. The summed E-state index contributed by atoms with van der Waals surface area (Å²) in [7, 11) is 0. The molecule has 156 valence electrons. The molecule has 1 heterocycles. The molecule has 0 fully saturated rings. The quantitative estimate of drug-likeness (QED) is 0.221. The zero-order valence-electron chi connectivity index (χ0n) is 17.5. The first-order valence-corrected chi connectivity index (χ1v) is 10.2. The van der Waals surface area contributed by atoms with Gasteiger partial charge in [-0.2, -0.15) is 0 Å². The standard InChI is InChI=1S/C26H23FN2O2/c1-3-26(30)31-28-23(16-19-11-5-4-10-18(19)2)21-17-29(24-14-8-6-12-20(21)24)25-15-9-7-13-22(25)27/h4-15,17H,3,16H2,1-2H3/b28-23+. The molecule has 0 amide bonds. The van der Waals surface area contributed by atoms with Gasteiger partial charge in [0, 0.05) is 30.0 Å². The summed E-state index contributed by atoms with van der Waals surface area (Å²) in [5.74, 6) is -0.718. The minimum absolute atomic E-state index is 0.234. The number of nitrogens with zero attached hydrogens (tertiary/aromatic N) is 2. The monoisotopic (exact) mass is 414 g/mol. The molecule has 0 saturated heterocycles. The molecule has 0 saturated carbocycles. The lowest BCUT2D eigenvalue weighted by Gasteiger charge is -2.08. The second-order valence-electron chi connectivity index (χ2n) is 7.34. The first-order chi connectivity index (χ1) is 15.1. The van der Waals surface area contributed by atoms with Gasteiger partial charge in [0.15, 0.2) is 0 Å². The van der Waals surface area contributed by atoms with Gasteiger partial charge in [-0.05, 0) is 36.2 Å². The molecule has 4 aromatic rings. The van der Waals surface area contributed by atoms with Crippen molar-refractivity contribution in [3.63, 3.8) is 0 Å². The number of aromatic nitrogens is 1. The van der Waals surface area contributed by atoms with Crippen molar-refractivity contribution in [3.8, 4) is 5.69 Å². The lowest BCUT2D eigenvalue weighted by molar-refractivity contribution is -0.143. The van der Waals surface area contributed by atoms with Crippen molar-refractivity contribution in [2.75, 3.05) is 0 Å². The van der Waals surface area contributed by atoms with E-state index in [-0.39, 0.29) is 12.2 Å². The van der Waals surface area contributed by atoms with Crippen molar-refractivity contribution >= 4 is 22.6 Å². The molecule has 0 atom stereocenters. The van der Waals surface area contributed by atoms with E-state index in [0.29, 0.717) is 17.8 Å². The molecule has 4 nitrogen and oxygen atoms in total. The summed E-state index contributed by atoms with van der Waals surface area (Å²) in [4.78, 5) is 17.0. The maximum absolute atomic E-state index is 14.6. The Morgan fingerprint density at radius 1 is 1.00 bits per heavy atom. The third kappa shape index (κ3) is 4.26. The highest BCUT2D eigenvalue weighted by Gasteiger charge is 2.18. The average molecular weight is 414 g/mol. The van der Waals surface area contributed by atoms with Crippen molar-refractivity contribution in [1.82, 2.24) is 4.57 Å². The fraction of sp³-hybridized carbons (Fsp3) is 0.154. The van der Waals surface area contributed by atoms with Crippen LogP contribution in [0.5, 0.6) is 0 Å². The number of para-hydroxylation sites is 2. The zero-order valence-corrected chi connectivity index (χ0v) is 17.5. The number of aryl methyl sites for hydroxylation is 1. The molecule has 0 spiro atoms. The van der Waals surface area contributed by atoms with Crippen molar-refractivity contribution in [2.24, 2.45) is 5.16 Å². The van der Waals surface area contributed by atoms with Gasteiger partial charge in [-0.25, -0.2) is 9.18 Å². The lowest BCUT2D eigenvalue weighted by Crippen LogP contribution is -2.09. The minimum Gasteiger partial charge on any atom is -0.318 e. The minimum atomic E-state index is -0.403. The van der Waals surface area contributed by atoms with Gasteiger partial charge >= 0.3 is 5.97 Å². The zero-order chi connectivity index (χ0) is 21.8. The molecule has 0 aliphatic rings. The summed E-state index contributed by atoms with van der Waals surface area (Å²) >= 11 is 0. The van der Waals surface area contributed by atoms with Gasteiger partial charge < -0.3 is 9.40 Å². The normalized spacial score (nSPS) is 11.6. The van der Waals surface area contributed by atoms with Crippen LogP contribution in [0.1, 0.15) is 30.0 Å². The highest BCUT2D eigenvalue weighted by atomic mass is 19.1. The van der Waals surface area contributed by atoms with E-state index < -0.39 is 5.97 Å². The lowest BCUT2D eigenvalue weighted by atomic mass is 9.98. The van der Waals surface area contributed by atoms with Crippen LogP contribution in [0.2, 0.25) is 0 Å². The predicted octanol–water partition coefficient (Wildman–Crippen LogP) is 5.98. The fourth-order valence-electron chi connectivity index (χ4n) is 3.59. The number of carbonyl (C=O) groups is 1. The molecule has 3 aromatic carbocycles. The number of fused-ring (bicyclic) bond motifs is 1. The van der Waals surface area contributed by atoms with E-state index in [1.165, 1.54) is 6.07 Å². The Morgan fingerprint density at radius 3 is 2.48 bits per heavy atom. The van der Waals surface area contributed by atoms with Crippen LogP contribution in [0, 0.1) is 12.7 Å². The number of hydrogen-bond acceptors (Lipinski definition) is 3. The molecule has 0 radical (unpaired) electrons. The molecule has 0 aliphatic heterocycles. The number of rotatable bonds is 6. The molecule has 0 N–H and O–H groups in total. The van der Waals surface area contributed by atoms with Crippen LogP contribution in [0.15, 0.2) is 84.1 Å². The summed E-state index contributed by atoms with van der Waals surface area (Å²) in [6, 6.07) is 22.4. The van der Waals surface area contributed by atoms with E-state index in [1.807, 2.05) is 66.2 Å². The SMILES string of the molecule is CCC(=O)O/N=C(\Cc1ccccc1C)c1cn(-c2ccccc2F)c2ccccc12. The Morgan fingerprint density at radius 2 is 1.71 bits per heavy atom. The Balaban J connectivity index is 1.88. The van der Waals surface area contributed by atoms with Gasteiger partial charge in [-0.15, -0.1) is 0 Å². The number of hydrogen-bond donors (Lipinski definition) is 0. The third-order valence-corrected chi connectivity index (χ3v) is 5.30. The van der Waals surface area contributed by atoms with E-state index in [2.05, 4.69) is 5.16 Å². The Labute approximate surface area is 180 Å². The molecular formula is C26H23FN2O2. The molecule has 4 rings (SSSR count). The van der Waals surface area contributed by atoms with Crippen molar-refractivity contribution < 1.29 is 14.0 Å². The summed E-state index contributed by atoms with van der Waals surface area (Å²) in [5, 5.41) is 5.15. The van der Waals surface area contributed by atoms with E-state index in [1.54, 1.807) is 25.1 Å². The largest absolute Gasteiger partial charge is 0.334 e. The van der Waals surface area contributed by atoms with Gasteiger partial charge in [0.25, 0.3) is 0 Å². The fourth-order valence-corrected chi connectivity index (χ4v) is 3.59. The van der Waals surface area contributed by atoms with Gasteiger partial charge in [-0.3, -0.25) is 0 Å². The van der Waals surface area contributed by atoms with Gasteiger partial charge in [0.1, 0.15) is 5.82 Å². The summed E-state index contributed by atoms with van der Waals surface area (Å²) in [6.45, 7) is 3.76. The van der Waals surface area contributed by atoms with Crippen LogP contribution >= 0.6 is 0 Å². The van der Waals surface area contributed by atoms with Crippen molar-refractivity contribution in [1.29, 1.82) is 0 Å². The molecule has 0 unspecified atom stereocenters. The highest BCUT2D eigenvalue weighted by molar-refractivity contribution is 6.12. The van der Waals surface area contributed by atoms with Crippen LogP contribution in [-0.4, -0.2) is 16.2 Å².